The molecule has 1 atom stereocenters. The number of unbranched alkanes of at least 4 members (excludes halogenated alkanes) is 2. The Labute approximate surface area is 75.6 Å². The van der Waals surface area contributed by atoms with Gasteiger partial charge in [0.05, 0.1) is 0 Å². The molecule has 0 heterocycles. The highest BCUT2D eigenvalue weighted by Crippen LogP contribution is 2.16. The summed E-state index contributed by atoms with van der Waals surface area (Å²) in [7, 11) is 0. The SMILES string of the molecule is CC[C@@H](CCO)CCCCCO. The average Bonchev–Trinajstić information content (AvgIpc) is 2.10. The van der Waals surface area contributed by atoms with Gasteiger partial charge in [-0.25, -0.2) is 0 Å². The first-order chi connectivity index (χ1) is 5.85. The van der Waals surface area contributed by atoms with Crippen LogP contribution in [-0.4, -0.2) is 23.4 Å². The van der Waals surface area contributed by atoms with E-state index in [0.29, 0.717) is 19.1 Å². The highest BCUT2D eigenvalue weighted by atomic mass is 16.3. The third-order valence-electron chi connectivity index (χ3n) is 2.39. The van der Waals surface area contributed by atoms with E-state index >= 15 is 0 Å². The van der Waals surface area contributed by atoms with Crippen LogP contribution in [0.5, 0.6) is 0 Å². The van der Waals surface area contributed by atoms with Crippen LogP contribution in [0.4, 0.5) is 0 Å². The molecule has 0 saturated heterocycles. The normalized spacial score (nSPS) is 13.2. The summed E-state index contributed by atoms with van der Waals surface area (Å²) < 4.78 is 0. The van der Waals surface area contributed by atoms with Gasteiger partial charge in [0.1, 0.15) is 0 Å². The van der Waals surface area contributed by atoms with Gasteiger partial charge in [-0.1, -0.05) is 32.6 Å². The van der Waals surface area contributed by atoms with Crippen molar-refractivity contribution < 1.29 is 10.2 Å². The summed E-state index contributed by atoms with van der Waals surface area (Å²) in [5.74, 6) is 0.689. The van der Waals surface area contributed by atoms with Crippen LogP contribution < -0.4 is 0 Å². The highest BCUT2D eigenvalue weighted by molar-refractivity contribution is 4.56. The molecule has 0 bridgehead atoms. The van der Waals surface area contributed by atoms with Crippen LogP contribution in [0.3, 0.4) is 0 Å². The molecule has 74 valence electrons. The van der Waals surface area contributed by atoms with E-state index in [9.17, 15) is 0 Å². The molecule has 0 aromatic rings. The third kappa shape index (κ3) is 6.62. The van der Waals surface area contributed by atoms with Crippen LogP contribution in [0.25, 0.3) is 0 Å². The van der Waals surface area contributed by atoms with Gasteiger partial charge in [-0.05, 0) is 18.8 Å². The van der Waals surface area contributed by atoms with Crippen molar-refractivity contribution in [3.63, 3.8) is 0 Å². The molecule has 2 nitrogen and oxygen atoms in total. The molecule has 0 radical (unpaired) electrons. The van der Waals surface area contributed by atoms with Crippen molar-refractivity contribution in [2.45, 2.75) is 45.4 Å². The Hall–Kier alpha value is -0.0800. The highest BCUT2D eigenvalue weighted by Gasteiger charge is 2.04. The van der Waals surface area contributed by atoms with Crippen LogP contribution >= 0.6 is 0 Å². The fourth-order valence-corrected chi connectivity index (χ4v) is 1.46. The van der Waals surface area contributed by atoms with Crippen LogP contribution in [0.2, 0.25) is 0 Å². The predicted molar refractivity (Wildman–Crippen MR) is 51.0 cm³/mol. The van der Waals surface area contributed by atoms with Gasteiger partial charge in [0, 0.05) is 13.2 Å². The zero-order valence-electron chi connectivity index (χ0n) is 8.13. The molecule has 12 heavy (non-hydrogen) atoms. The van der Waals surface area contributed by atoms with Gasteiger partial charge in [-0.2, -0.15) is 0 Å². The topological polar surface area (TPSA) is 40.5 Å². The van der Waals surface area contributed by atoms with Crippen LogP contribution in [0, 0.1) is 5.92 Å². The smallest absolute Gasteiger partial charge is 0.0433 e. The quantitative estimate of drug-likeness (QED) is 0.552. The summed E-state index contributed by atoms with van der Waals surface area (Å²) in [5, 5.41) is 17.3. The Morgan fingerprint density at radius 3 is 2.17 bits per heavy atom. The minimum absolute atomic E-state index is 0.316. The van der Waals surface area contributed by atoms with E-state index in [1.165, 1.54) is 19.3 Å². The summed E-state index contributed by atoms with van der Waals surface area (Å²) in [6, 6.07) is 0. The van der Waals surface area contributed by atoms with Gasteiger partial charge in [-0.3, -0.25) is 0 Å². The Bertz CT molecular complexity index is 83.9. The van der Waals surface area contributed by atoms with Crippen LogP contribution in [-0.2, 0) is 0 Å². The maximum Gasteiger partial charge on any atom is 0.0433 e. The molecular weight excluding hydrogens is 152 g/mol. The molecule has 0 aliphatic heterocycles. The van der Waals surface area contributed by atoms with E-state index in [0.717, 1.165) is 19.3 Å². The lowest BCUT2D eigenvalue weighted by Gasteiger charge is -2.12. The number of rotatable bonds is 8. The fourth-order valence-electron chi connectivity index (χ4n) is 1.46. The average molecular weight is 174 g/mol. The van der Waals surface area contributed by atoms with Crippen molar-refractivity contribution in [2.75, 3.05) is 13.2 Å². The zero-order chi connectivity index (χ0) is 9.23. The standard InChI is InChI=1S/C10H22O2/c1-2-10(7-9-12)6-4-3-5-8-11/h10-12H,2-9H2,1H3/t10-/m1/s1. The van der Waals surface area contributed by atoms with E-state index < -0.39 is 0 Å². The molecule has 0 unspecified atom stereocenters. The Morgan fingerprint density at radius 2 is 1.67 bits per heavy atom. The van der Waals surface area contributed by atoms with Crippen molar-refractivity contribution in [1.82, 2.24) is 0 Å². The first-order valence-corrected chi connectivity index (χ1v) is 5.06. The summed E-state index contributed by atoms with van der Waals surface area (Å²) in [4.78, 5) is 0. The largest absolute Gasteiger partial charge is 0.396 e. The van der Waals surface area contributed by atoms with Crippen molar-refractivity contribution in [3.8, 4) is 0 Å². The van der Waals surface area contributed by atoms with E-state index in [1.54, 1.807) is 0 Å². The van der Waals surface area contributed by atoms with Crippen LogP contribution in [0.1, 0.15) is 45.4 Å². The van der Waals surface area contributed by atoms with Crippen molar-refractivity contribution >= 4 is 0 Å². The first kappa shape index (κ1) is 11.9. The molecule has 0 fully saturated rings. The van der Waals surface area contributed by atoms with Gasteiger partial charge >= 0.3 is 0 Å². The monoisotopic (exact) mass is 174 g/mol. The second kappa shape index (κ2) is 9.01. The maximum atomic E-state index is 8.73. The lowest BCUT2D eigenvalue weighted by atomic mass is 9.96. The van der Waals surface area contributed by atoms with Gasteiger partial charge in [0.25, 0.3) is 0 Å². The van der Waals surface area contributed by atoms with Gasteiger partial charge in [0.2, 0.25) is 0 Å². The summed E-state index contributed by atoms with van der Waals surface area (Å²) in [6.07, 6.45) is 6.55. The summed E-state index contributed by atoms with van der Waals surface area (Å²) >= 11 is 0. The molecule has 0 aromatic heterocycles. The van der Waals surface area contributed by atoms with E-state index in [-0.39, 0.29) is 0 Å². The first-order valence-electron chi connectivity index (χ1n) is 5.06. The number of hydrogen-bond donors (Lipinski definition) is 2. The predicted octanol–water partition coefficient (Wildman–Crippen LogP) is 1.95. The minimum Gasteiger partial charge on any atom is -0.396 e. The molecule has 0 aromatic carbocycles. The molecule has 0 saturated carbocycles. The van der Waals surface area contributed by atoms with Crippen molar-refractivity contribution in [1.29, 1.82) is 0 Å². The summed E-state index contributed by atoms with van der Waals surface area (Å²) in [5.41, 5.74) is 0. The Morgan fingerprint density at radius 1 is 0.917 bits per heavy atom. The van der Waals surface area contributed by atoms with E-state index in [1.807, 2.05) is 0 Å². The van der Waals surface area contributed by atoms with Crippen LogP contribution in [0.15, 0.2) is 0 Å². The number of hydrogen-bond acceptors (Lipinski definition) is 2. The molecule has 0 aliphatic carbocycles. The Kier molecular flexibility index (Phi) is 8.95. The lowest BCUT2D eigenvalue weighted by molar-refractivity contribution is 0.243. The molecule has 0 rings (SSSR count). The lowest BCUT2D eigenvalue weighted by Crippen LogP contribution is -2.01. The van der Waals surface area contributed by atoms with E-state index in [2.05, 4.69) is 6.92 Å². The van der Waals surface area contributed by atoms with Crippen molar-refractivity contribution in [3.05, 3.63) is 0 Å². The minimum atomic E-state index is 0.316. The molecule has 0 amide bonds. The van der Waals surface area contributed by atoms with Gasteiger partial charge in [0.15, 0.2) is 0 Å². The van der Waals surface area contributed by atoms with Gasteiger partial charge < -0.3 is 10.2 Å². The zero-order valence-corrected chi connectivity index (χ0v) is 8.13. The maximum absolute atomic E-state index is 8.73. The third-order valence-corrected chi connectivity index (χ3v) is 2.39. The molecule has 0 spiro atoms. The molecular formula is C10H22O2. The number of aliphatic hydroxyl groups excluding tert-OH is 2. The molecule has 0 aliphatic rings. The molecule has 2 N–H and O–H groups in total. The second-order valence-corrected chi connectivity index (χ2v) is 3.36. The summed E-state index contributed by atoms with van der Waals surface area (Å²) in [6.45, 7) is 2.81. The second-order valence-electron chi connectivity index (χ2n) is 3.36. The fraction of sp³-hybridized carbons (Fsp3) is 1.00. The molecule has 2 heteroatoms. The van der Waals surface area contributed by atoms with Crippen molar-refractivity contribution in [2.24, 2.45) is 5.92 Å². The Balaban J connectivity index is 3.19. The number of aliphatic hydroxyl groups is 2. The van der Waals surface area contributed by atoms with E-state index in [4.69, 9.17) is 10.2 Å². The van der Waals surface area contributed by atoms with Gasteiger partial charge in [-0.15, -0.1) is 0 Å².